The molecule has 30 heavy (non-hydrogen) atoms. The summed E-state index contributed by atoms with van der Waals surface area (Å²) >= 11 is 0. The summed E-state index contributed by atoms with van der Waals surface area (Å²) in [5.74, 6) is 0.296. The van der Waals surface area contributed by atoms with Crippen LogP contribution in [0.1, 0.15) is 50.5 Å². The summed E-state index contributed by atoms with van der Waals surface area (Å²) < 4.78 is 27.1. The van der Waals surface area contributed by atoms with Crippen molar-refractivity contribution in [1.82, 2.24) is 9.97 Å². The number of fused-ring (bicyclic) bond motifs is 1. The normalized spacial score (nSPS) is 16.6. The van der Waals surface area contributed by atoms with Crippen LogP contribution in [0.5, 0.6) is 0 Å². The average molecular weight is 433 g/mol. The van der Waals surface area contributed by atoms with Crippen molar-refractivity contribution in [3.05, 3.63) is 29.5 Å². The Bertz CT molecular complexity index is 994. The number of hydrogen-bond donors (Lipinski definition) is 0. The molecule has 9 heteroatoms. The minimum Gasteiger partial charge on any atom is -0.462 e. The van der Waals surface area contributed by atoms with Gasteiger partial charge in [0, 0.05) is 18.7 Å². The Morgan fingerprint density at radius 1 is 1.30 bits per heavy atom. The Labute approximate surface area is 179 Å². The Morgan fingerprint density at radius 2 is 2.00 bits per heavy atom. The van der Waals surface area contributed by atoms with E-state index >= 15 is 0 Å². The fourth-order valence-electron chi connectivity index (χ4n) is 2.97. The van der Waals surface area contributed by atoms with Crippen LogP contribution in [-0.4, -0.2) is 63.5 Å². The molecule has 1 unspecified atom stereocenters. The molecule has 0 spiro atoms. The smallest absolute Gasteiger partial charge is 0.338 e. The first-order valence-corrected chi connectivity index (χ1v) is 11.1. The number of carbonyl (C=O) groups is 1. The van der Waals surface area contributed by atoms with Crippen molar-refractivity contribution in [3.63, 3.8) is 0 Å². The zero-order valence-corrected chi connectivity index (χ0v) is 18.9. The van der Waals surface area contributed by atoms with Gasteiger partial charge in [0.2, 0.25) is 0 Å². The summed E-state index contributed by atoms with van der Waals surface area (Å²) in [6.07, 6.45) is 1.70. The second-order valence-corrected chi connectivity index (χ2v) is 9.88. The van der Waals surface area contributed by atoms with Crippen LogP contribution in [0.4, 0.5) is 5.82 Å². The van der Waals surface area contributed by atoms with E-state index in [1.54, 1.807) is 32.2 Å². The van der Waals surface area contributed by atoms with Crippen LogP contribution in [0.15, 0.2) is 22.7 Å². The van der Waals surface area contributed by atoms with Gasteiger partial charge in [-0.1, -0.05) is 0 Å². The lowest BCUT2D eigenvalue weighted by atomic mass is 10.0. The van der Waals surface area contributed by atoms with Crippen molar-refractivity contribution >= 4 is 39.5 Å². The van der Waals surface area contributed by atoms with Gasteiger partial charge < -0.3 is 14.4 Å². The van der Waals surface area contributed by atoms with Crippen molar-refractivity contribution in [2.45, 2.75) is 39.4 Å². The molecule has 0 saturated carbocycles. The number of nitrogens with zero attached hydrogens (tertiary/aromatic N) is 4. The van der Waals surface area contributed by atoms with Crippen molar-refractivity contribution in [1.29, 1.82) is 0 Å². The number of morpholine rings is 1. The predicted octanol–water partition coefficient (Wildman–Crippen LogP) is 2.91. The van der Waals surface area contributed by atoms with Crippen LogP contribution in [-0.2, 0) is 20.5 Å². The van der Waals surface area contributed by atoms with Crippen molar-refractivity contribution in [2.75, 3.05) is 37.8 Å². The Balaban J connectivity index is 2.14. The molecule has 0 N–H and O–H groups in total. The van der Waals surface area contributed by atoms with Crippen molar-refractivity contribution < 1.29 is 18.5 Å². The summed E-state index contributed by atoms with van der Waals surface area (Å²) in [4.78, 5) is 23.8. The molecule has 1 aliphatic heterocycles. The molecule has 0 amide bonds. The monoisotopic (exact) mass is 432 g/mol. The third-order valence-corrected chi connectivity index (χ3v) is 6.10. The summed E-state index contributed by atoms with van der Waals surface area (Å²) in [6.45, 7) is 12.1. The van der Waals surface area contributed by atoms with E-state index in [1.165, 1.54) is 0 Å². The van der Waals surface area contributed by atoms with E-state index in [9.17, 15) is 9.00 Å². The SMILES string of the molecule is CCOC(=O)c1cc(/C(C)=N/S(=O)C(C)(C)C)c2nc(N3CCOCC3)cnc2c1. The molecule has 0 radical (unpaired) electrons. The van der Waals surface area contributed by atoms with E-state index < -0.39 is 21.7 Å². The summed E-state index contributed by atoms with van der Waals surface area (Å²) in [6, 6.07) is 3.36. The van der Waals surface area contributed by atoms with Gasteiger partial charge >= 0.3 is 5.97 Å². The summed E-state index contributed by atoms with van der Waals surface area (Å²) in [7, 11) is -1.44. The molecule has 1 aromatic heterocycles. The highest BCUT2D eigenvalue weighted by atomic mass is 32.2. The molecule has 1 fully saturated rings. The average Bonchev–Trinajstić information content (AvgIpc) is 2.72. The molecule has 2 aromatic rings. The number of benzene rings is 1. The van der Waals surface area contributed by atoms with Crippen LogP contribution in [0.25, 0.3) is 11.0 Å². The molecule has 0 aliphatic carbocycles. The van der Waals surface area contributed by atoms with Gasteiger partial charge in [-0.15, -0.1) is 0 Å². The van der Waals surface area contributed by atoms with Crippen LogP contribution in [0, 0.1) is 0 Å². The number of aromatic nitrogens is 2. The maximum atomic E-state index is 12.6. The van der Waals surface area contributed by atoms with Gasteiger partial charge in [0.05, 0.1) is 47.6 Å². The standard InChI is InChI=1S/C21H28N4O4S/c1-6-29-20(26)15-11-16(14(2)24-30(27)21(3,4)5)19-17(12-15)22-13-18(23-19)25-7-9-28-10-8-25/h11-13H,6-10H2,1-5H3/b24-14+. The highest BCUT2D eigenvalue weighted by molar-refractivity contribution is 7.85. The maximum absolute atomic E-state index is 12.6. The van der Waals surface area contributed by atoms with Crippen LogP contribution in [0.2, 0.25) is 0 Å². The predicted molar refractivity (Wildman–Crippen MR) is 119 cm³/mol. The zero-order chi connectivity index (χ0) is 21.9. The van der Waals surface area contributed by atoms with Gasteiger partial charge in [-0.3, -0.25) is 4.98 Å². The molecule has 1 saturated heterocycles. The van der Waals surface area contributed by atoms with E-state index in [4.69, 9.17) is 14.5 Å². The lowest BCUT2D eigenvalue weighted by molar-refractivity contribution is 0.0526. The second-order valence-electron chi connectivity index (χ2n) is 7.98. The molecule has 1 atom stereocenters. The maximum Gasteiger partial charge on any atom is 0.338 e. The fraction of sp³-hybridized carbons (Fsp3) is 0.524. The number of ether oxygens (including phenoxy) is 2. The Kier molecular flexibility index (Phi) is 6.82. The second kappa shape index (κ2) is 9.18. The van der Waals surface area contributed by atoms with Gasteiger partial charge in [0.25, 0.3) is 0 Å². The van der Waals surface area contributed by atoms with E-state index in [2.05, 4.69) is 14.3 Å². The van der Waals surface area contributed by atoms with Crippen LogP contribution in [0.3, 0.4) is 0 Å². The minimum atomic E-state index is -1.44. The van der Waals surface area contributed by atoms with Crippen LogP contribution < -0.4 is 4.90 Å². The Hall–Kier alpha value is -2.39. The third-order valence-electron chi connectivity index (χ3n) is 4.61. The van der Waals surface area contributed by atoms with Gasteiger partial charge in [-0.05, 0) is 46.8 Å². The van der Waals surface area contributed by atoms with Gasteiger partial charge in [0.15, 0.2) is 0 Å². The molecular formula is C21H28N4O4S. The first-order chi connectivity index (χ1) is 14.2. The van der Waals surface area contributed by atoms with Gasteiger partial charge in [-0.2, -0.15) is 4.40 Å². The summed E-state index contributed by atoms with van der Waals surface area (Å²) in [5, 5.41) is 0. The van der Waals surface area contributed by atoms with E-state index in [1.807, 2.05) is 20.8 Å². The van der Waals surface area contributed by atoms with Crippen LogP contribution >= 0.6 is 0 Å². The van der Waals surface area contributed by atoms with Gasteiger partial charge in [-0.25, -0.2) is 14.0 Å². The van der Waals surface area contributed by atoms with E-state index in [0.29, 0.717) is 41.1 Å². The number of esters is 1. The number of rotatable bonds is 5. The minimum absolute atomic E-state index is 0.273. The molecule has 1 aliphatic rings. The van der Waals surface area contributed by atoms with Crippen molar-refractivity contribution in [2.24, 2.45) is 4.40 Å². The lowest BCUT2D eigenvalue weighted by Gasteiger charge is -2.27. The molecular weight excluding hydrogens is 404 g/mol. The molecule has 0 bridgehead atoms. The number of hydrogen-bond acceptors (Lipinski definition) is 7. The van der Waals surface area contributed by atoms with E-state index in [0.717, 1.165) is 18.9 Å². The lowest BCUT2D eigenvalue weighted by Crippen LogP contribution is -2.36. The topological polar surface area (TPSA) is 94.0 Å². The highest BCUT2D eigenvalue weighted by Gasteiger charge is 2.22. The molecule has 162 valence electrons. The number of anilines is 1. The molecule has 3 rings (SSSR count). The third kappa shape index (κ3) is 5.02. The molecule has 8 nitrogen and oxygen atoms in total. The molecule has 2 heterocycles. The van der Waals surface area contributed by atoms with E-state index in [-0.39, 0.29) is 6.61 Å². The Morgan fingerprint density at radius 3 is 2.63 bits per heavy atom. The highest BCUT2D eigenvalue weighted by Crippen LogP contribution is 2.24. The van der Waals surface area contributed by atoms with Gasteiger partial charge in [0.1, 0.15) is 22.3 Å². The quantitative estimate of drug-likeness (QED) is 0.530. The molecule has 1 aromatic carbocycles. The van der Waals surface area contributed by atoms with Crippen molar-refractivity contribution in [3.8, 4) is 0 Å². The fourth-order valence-corrected chi connectivity index (χ4v) is 3.59. The largest absolute Gasteiger partial charge is 0.462 e. The first kappa shape index (κ1) is 22.3. The first-order valence-electron chi connectivity index (χ1n) is 9.99. The summed E-state index contributed by atoms with van der Waals surface area (Å²) in [5.41, 5.74) is 2.69. The number of carbonyl (C=O) groups excluding carboxylic acids is 1. The zero-order valence-electron chi connectivity index (χ0n) is 18.1.